The molecule has 0 aromatic heterocycles. The van der Waals surface area contributed by atoms with E-state index in [1.807, 2.05) is 12.1 Å². The fourth-order valence-corrected chi connectivity index (χ4v) is 1.94. The molecule has 0 radical (unpaired) electrons. The van der Waals surface area contributed by atoms with E-state index >= 15 is 0 Å². The Labute approximate surface area is 98.9 Å². The van der Waals surface area contributed by atoms with Crippen molar-refractivity contribution in [3.63, 3.8) is 0 Å². The van der Waals surface area contributed by atoms with Crippen LogP contribution in [0.25, 0.3) is 0 Å². The standard InChI is InChI=1S/C11H16BrNO2/c1-7(2)13-8-5-9(12)11(15-4)10(6-8)14-3/h5-7,13H,1-4H3. The smallest absolute Gasteiger partial charge is 0.175 e. The summed E-state index contributed by atoms with van der Waals surface area (Å²) >= 11 is 3.44. The Morgan fingerprint density at radius 3 is 2.33 bits per heavy atom. The summed E-state index contributed by atoms with van der Waals surface area (Å²) in [5, 5.41) is 3.31. The van der Waals surface area contributed by atoms with E-state index in [1.54, 1.807) is 14.2 Å². The number of benzene rings is 1. The van der Waals surface area contributed by atoms with Crippen molar-refractivity contribution in [3.8, 4) is 11.5 Å². The Kier molecular flexibility index (Phi) is 4.27. The van der Waals surface area contributed by atoms with Gasteiger partial charge in [-0.1, -0.05) is 0 Å². The zero-order valence-corrected chi connectivity index (χ0v) is 11.0. The molecular weight excluding hydrogens is 258 g/mol. The maximum Gasteiger partial charge on any atom is 0.175 e. The van der Waals surface area contributed by atoms with Crippen LogP contribution in [0, 0.1) is 0 Å². The molecule has 4 heteroatoms. The van der Waals surface area contributed by atoms with Crippen LogP contribution in [-0.2, 0) is 0 Å². The highest BCUT2D eigenvalue weighted by Crippen LogP contribution is 2.38. The third-order valence-corrected chi connectivity index (χ3v) is 2.48. The van der Waals surface area contributed by atoms with Crippen molar-refractivity contribution in [2.24, 2.45) is 0 Å². The first-order valence-electron chi connectivity index (χ1n) is 4.76. The number of ether oxygens (including phenoxy) is 2. The van der Waals surface area contributed by atoms with Crippen molar-refractivity contribution >= 4 is 21.6 Å². The quantitative estimate of drug-likeness (QED) is 0.913. The van der Waals surface area contributed by atoms with Crippen LogP contribution in [0.2, 0.25) is 0 Å². The summed E-state index contributed by atoms with van der Waals surface area (Å²) < 4.78 is 11.4. The van der Waals surface area contributed by atoms with Crippen molar-refractivity contribution in [1.82, 2.24) is 0 Å². The fraction of sp³-hybridized carbons (Fsp3) is 0.455. The van der Waals surface area contributed by atoms with Gasteiger partial charge in [-0.15, -0.1) is 0 Å². The minimum absolute atomic E-state index is 0.384. The predicted molar refractivity (Wildman–Crippen MR) is 66.0 cm³/mol. The van der Waals surface area contributed by atoms with Crippen LogP contribution in [0.4, 0.5) is 5.69 Å². The van der Waals surface area contributed by atoms with E-state index < -0.39 is 0 Å². The normalized spacial score (nSPS) is 10.3. The third kappa shape index (κ3) is 3.02. The maximum absolute atomic E-state index is 5.24. The van der Waals surface area contributed by atoms with Gasteiger partial charge in [0, 0.05) is 17.8 Å². The number of hydrogen-bond acceptors (Lipinski definition) is 3. The first kappa shape index (κ1) is 12.2. The fourth-order valence-electron chi connectivity index (χ4n) is 1.33. The molecule has 0 heterocycles. The van der Waals surface area contributed by atoms with Gasteiger partial charge in [-0.2, -0.15) is 0 Å². The highest BCUT2D eigenvalue weighted by atomic mass is 79.9. The number of halogens is 1. The highest BCUT2D eigenvalue weighted by molar-refractivity contribution is 9.10. The summed E-state index contributed by atoms with van der Waals surface area (Å²) in [5.74, 6) is 1.43. The Morgan fingerprint density at radius 2 is 1.87 bits per heavy atom. The number of hydrogen-bond donors (Lipinski definition) is 1. The molecule has 0 aliphatic carbocycles. The molecule has 0 spiro atoms. The van der Waals surface area contributed by atoms with Gasteiger partial charge in [0.05, 0.1) is 18.7 Å². The van der Waals surface area contributed by atoms with Gasteiger partial charge in [0.25, 0.3) is 0 Å². The lowest BCUT2D eigenvalue weighted by Gasteiger charge is -2.14. The molecular formula is C11H16BrNO2. The van der Waals surface area contributed by atoms with E-state index in [2.05, 4.69) is 35.1 Å². The second-order valence-corrected chi connectivity index (χ2v) is 4.35. The molecule has 0 aliphatic heterocycles. The van der Waals surface area contributed by atoms with Crippen molar-refractivity contribution < 1.29 is 9.47 Å². The molecule has 0 aliphatic rings. The van der Waals surface area contributed by atoms with Crippen LogP contribution in [0.5, 0.6) is 11.5 Å². The van der Waals surface area contributed by atoms with E-state index in [0.717, 1.165) is 15.9 Å². The van der Waals surface area contributed by atoms with Crippen LogP contribution in [0.15, 0.2) is 16.6 Å². The lowest BCUT2D eigenvalue weighted by atomic mass is 10.2. The Hall–Kier alpha value is -0.900. The molecule has 15 heavy (non-hydrogen) atoms. The summed E-state index contributed by atoms with van der Waals surface area (Å²) in [7, 11) is 3.25. The highest BCUT2D eigenvalue weighted by Gasteiger charge is 2.10. The van der Waals surface area contributed by atoms with Crippen LogP contribution in [-0.4, -0.2) is 20.3 Å². The molecule has 0 atom stereocenters. The van der Waals surface area contributed by atoms with Crippen LogP contribution in [0.1, 0.15) is 13.8 Å². The van der Waals surface area contributed by atoms with Crippen LogP contribution in [0.3, 0.4) is 0 Å². The van der Waals surface area contributed by atoms with Crippen LogP contribution >= 0.6 is 15.9 Å². The Bertz CT molecular complexity index is 340. The van der Waals surface area contributed by atoms with Crippen LogP contribution < -0.4 is 14.8 Å². The number of rotatable bonds is 4. The third-order valence-electron chi connectivity index (χ3n) is 1.89. The number of methoxy groups -OCH3 is 2. The lowest BCUT2D eigenvalue weighted by Crippen LogP contribution is -2.09. The van der Waals surface area contributed by atoms with E-state index in [0.29, 0.717) is 11.8 Å². The lowest BCUT2D eigenvalue weighted by molar-refractivity contribution is 0.353. The predicted octanol–water partition coefficient (Wildman–Crippen LogP) is 3.29. The molecule has 0 saturated heterocycles. The van der Waals surface area contributed by atoms with E-state index in [1.165, 1.54) is 0 Å². The molecule has 0 unspecified atom stereocenters. The molecule has 3 nitrogen and oxygen atoms in total. The van der Waals surface area contributed by atoms with Gasteiger partial charge in [-0.3, -0.25) is 0 Å². The Morgan fingerprint density at radius 1 is 1.20 bits per heavy atom. The first-order valence-corrected chi connectivity index (χ1v) is 5.55. The average molecular weight is 274 g/mol. The van der Waals surface area contributed by atoms with Crippen molar-refractivity contribution in [1.29, 1.82) is 0 Å². The van der Waals surface area contributed by atoms with Gasteiger partial charge < -0.3 is 14.8 Å². The molecule has 1 N–H and O–H groups in total. The zero-order chi connectivity index (χ0) is 11.4. The van der Waals surface area contributed by atoms with Gasteiger partial charge >= 0.3 is 0 Å². The van der Waals surface area contributed by atoms with E-state index in [4.69, 9.17) is 9.47 Å². The van der Waals surface area contributed by atoms with Gasteiger partial charge in [-0.25, -0.2) is 0 Å². The van der Waals surface area contributed by atoms with E-state index in [-0.39, 0.29) is 0 Å². The summed E-state index contributed by atoms with van der Waals surface area (Å²) in [5.41, 5.74) is 1.01. The second kappa shape index (κ2) is 5.26. The largest absolute Gasteiger partial charge is 0.493 e. The summed E-state index contributed by atoms with van der Waals surface area (Å²) in [6.45, 7) is 4.18. The molecule has 84 valence electrons. The van der Waals surface area contributed by atoms with Crippen molar-refractivity contribution in [2.75, 3.05) is 19.5 Å². The number of nitrogens with one attached hydrogen (secondary N) is 1. The minimum atomic E-state index is 0.384. The average Bonchev–Trinajstić information content (AvgIpc) is 2.15. The molecule has 0 amide bonds. The second-order valence-electron chi connectivity index (χ2n) is 3.49. The monoisotopic (exact) mass is 273 g/mol. The maximum atomic E-state index is 5.24. The van der Waals surface area contributed by atoms with E-state index in [9.17, 15) is 0 Å². The first-order chi connectivity index (χ1) is 7.08. The molecule has 0 bridgehead atoms. The minimum Gasteiger partial charge on any atom is -0.493 e. The SMILES string of the molecule is COc1cc(NC(C)C)cc(Br)c1OC. The molecule has 1 rings (SSSR count). The topological polar surface area (TPSA) is 30.5 Å². The molecule has 1 aromatic carbocycles. The zero-order valence-electron chi connectivity index (χ0n) is 9.43. The molecule has 0 fully saturated rings. The summed E-state index contributed by atoms with van der Waals surface area (Å²) in [6.07, 6.45) is 0. The molecule has 1 aromatic rings. The summed E-state index contributed by atoms with van der Waals surface area (Å²) in [4.78, 5) is 0. The number of anilines is 1. The Balaban J connectivity index is 3.08. The van der Waals surface area contributed by atoms with Crippen molar-refractivity contribution in [3.05, 3.63) is 16.6 Å². The van der Waals surface area contributed by atoms with Gasteiger partial charge in [0.15, 0.2) is 11.5 Å². The molecule has 0 saturated carbocycles. The van der Waals surface area contributed by atoms with Gasteiger partial charge in [0.2, 0.25) is 0 Å². The van der Waals surface area contributed by atoms with Crippen molar-refractivity contribution in [2.45, 2.75) is 19.9 Å². The van der Waals surface area contributed by atoms with Gasteiger partial charge in [-0.05, 0) is 35.8 Å². The summed E-state index contributed by atoms with van der Waals surface area (Å²) in [6, 6.07) is 4.28. The van der Waals surface area contributed by atoms with Gasteiger partial charge in [0.1, 0.15) is 0 Å².